The van der Waals surface area contributed by atoms with Crippen molar-refractivity contribution in [1.82, 2.24) is 9.55 Å². The summed E-state index contributed by atoms with van der Waals surface area (Å²) in [6, 6.07) is 67.3. The molecular weight excluding hydrogens is 1140 g/mol. The Bertz CT molecular complexity index is 3970. The summed E-state index contributed by atoms with van der Waals surface area (Å²) in [5.74, 6) is 2.05. The summed E-state index contributed by atoms with van der Waals surface area (Å²) < 4.78 is 11.6. The molecule has 1 aliphatic heterocycles. The predicted octanol–water partition coefficient (Wildman–Crippen LogP) is 19.9. The maximum absolute atomic E-state index is 6.86. The Morgan fingerprint density at radius 1 is 0.506 bits per heavy atom. The van der Waals surface area contributed by atoms with Crippen molar-refractivity contribution in [2.75, 3.05) is 9.80 Å². The van der Waals surface area contributed by atoms with Crippen LogP contribution >= 0.6 is 11.3 Å². The van der Waals surface area contributed by atoms with Crippen LogP contribution in [0.4, 0.5) is 22.7 Å². The zero-order chi connectivity index (χ0) is 53.1. The van der Waals surface area contributed by atoms with Crippen LogP contribution in [0, 0.1) is 18.8 Å². The molecule has 5 nitrogen and oxygen atoms in total. The summed E-state index contributed by atoms with van der Waals surface area (Å²) in [6.07, 6.45) is 1.94. The monoisotopic (exact) mass is 1200 g/mol. The number of anilines is 4. The van der Waals surface area contributed by atoms with Crippen LogP contribution in [0.25, 0.3) is 70.0 Å². The van der Waals surface area contributed by atoms with E-state index in [0.29, 0.717) is 11.5 Å². The van der Waals surface area contributed by atoms with Crippen LogP contribution in [0.3, 0.4) is 0 Å². The van der Waals surface area contributed by atoms with Crippen LogP contribution in [0.5, 0.6) is 11.5 Å². The Hall–Kier alpha value is -6.98. The van der Waals surface area contributed by atoms with Crippen molar-refractivity contribution in [1.29, 1.82) is 0 Å². The molecule has 0 saturated carbocycles. The molecule has 1 aliphatic rings. The van der Waals surface area contributed by atoms with Gasteiger partial charge in [-0.2, -0.15) is 12.1 Å². The van der Waals surface area contributed by atoms with E-state index in [1.165, 1.54) is 70.1 Å². The number of rotatable bonds is 7. The molecule has 0 spiro atoms. The van der Waals surface area contributed by atoms with E-state index in [0.717, 1.165) is 45.0 Å². The van der Waals surface area contributed by atoms with Gasteiger partial charge in [0.05, 0.1) is 5.52 Å². The molecule has 77 heavy (non-hydrogen) atoms. The van der Waals surface area contributed by atoms with Gasteiger partial charge in [-0.15, -0.1) is 54.0 Å². The summed E-state index contributed by atoms with van der Waals surface area (Å²) in [5, 5.41) is 4.78. The Labute approximate surface area is 473 Å². The molecular formula is C70H65N4OPtS-3. The van der Waals surface area contributed by atoms with Crippen molar-refractivity contribution in [3.63, 3.8) is 0 Å². The van der Waals surface area contributed by atoms with Crippen LogP contribution in [-0.4, -0.2) is 9.55 Å². The zero-order valence-electron chi connectivity index (χ0n) is 46.2. The third-order valence-electron chi connectivity index (χ3n) is 15.2. The minimum absolute atomic E-state index is 0. The molecule has 3 aromatic heterocycles. The van der Waals surface area contributed by atoms with E-state index in [4.69, 9.17) is 9.72 Å². The molecule has 0 atom stereocenters. The van der Waals surface area contributed by atoms with Gasteiger partial charge >= 0.3 is 0 Å². The molecule has 0 amide bonds. The fraction of sp³-hybridized carbons (Fsp3) is 0.229. The molecule has 0 radical (unpaired) electrons. The van der Waals surface area contributed by atoms with E-state index in [9.17, 15) is 0 Å². The number of thiophene rings is 1. The van der Waals surface area contributed by atoms with Gasteiger partial charge in [0.25, 0.3) is 0 Å². The second-order valence-electron chi connectivity index (χ2n) is 24.7. The van der Waals surface area contributed by atoms with Gasteiger partial charge in [0.2, 0.25) is 0 Å². The largest absolute Gasteiger partial charge is 0.509 e. The number of hydrogen-bond donors (Lipinski definition) is 0. The minimum Gasteiger partial charge on any atom is -0.509 e. The standard InChI is InChI=1S/C70H65N4OS.Pt/c1-67(2,3)47-29-24-45(25-30-47)56-38-50(70(10,11)12)39-57(46-26-31-48(32-27-46)68(4,5)6)64(56)73-43-72(58-22-15-16-23-59(58)73)51-19-17-20-52(41-51)75-53-33-34-55-60(42-53)74(62-40-49(36-37-71-62)69(7,8)9)65-63-54-21-14-13-18-44(54)28-35-61(63)76-66(55)65;/h13-40,43H,1-12H3;/q-3;. The quantitative estimate of drug-likeness (QED) is 0.149. The van der Waals surface area contributed by atoms with Crippen molar-refractivity contribution in [2.45, 2.75) is 105 Å². The van der Waals surface area contributed by atoms with Crippen LogP contribution < -0.4 is 14.5 Å². The molecule has 0 unspecified atom stereocenters. The molecule has 0 N–H and O–H groups in total. The average Bonchev–Trinajstić information content (AvgIpc) is 4.07. The smallest absolute Gasteiger partial charge is 0.135 e. The Morgan fingerprint density at radius 3 is 1.71 bits per heavy atom. The Kier molecular flexibility index (Phi) is 13.0. The van der Waals surface area contributed by atoms with Gasteiger partial charge in [-0.1, -0.05) is 185 Å². The maximum atomic E-state index is 6.86. The minimum atomic E-state index is -0.106. The van der Waals surface area contributed by atoms with Gasteiger partial charge < -0.3 is 19.1 Å². The van der Waals surface area contributed by atoms with Crippen LogP contribution in [0.15, 0.2) is 170 Å². The van der Waals surface area contributed by atoms with Gasteiger partial charge in [-0.05, 0) is 108 Å². The number of ether oxygens (including phenoxy) is 1. The van der Waals surface area contributed by atoms with Crippen molar-refractivity contribution >= 4 is 76.1 Å². The Balaban J connectivity index is 0.00000631. The maximum Gasteiger partial charge on any atom is 0.135 e. The fourth-order valence-corrected chi connectivity index (χ4v) is 12.0. The predicted molar refractivity (Wildman–Crippen MR) is 323 cm³/mol. The molecule has 8 aromatic carbocycles. The van der Waals surface area contributed by atoms with Crippen molar-refractivity contribution in [3.05, 3.63) is 211 Å². The van der Waals surface area contributed by atoms with E-state index >= 15 is 0 Å². The molecule has 11 aromatic rings. The summed E-state index contributed by atoms with van der Waals surface area (Å²) in [7, 11) is 0. The number of fused-ring (bicyclic) bond motifs is 8. The first-order valence-corrected chi connectivity index (χ1v) is 27.4. The summed E-state index contributed by atoms with van der Waals surface area (Å²) in [6.45, 7) is 29.6. The van der Waals surface area contributed by atoms with Crippen LogP contribution in [0.2, 0.25) is 0 Å². The number of hydrogen-bond acceptors (Lipinski definition) is 5. The molecule has 390 valence electrons. The second kappa shape index (κ2) is 19.2. The molecule has 4 heterocycles. The van der Waals surface area contributed by atoms with Crippen LogP contribution in [0.1, 0.15) is 105 Å². The van der Waals surface area contributed by atoms with E-state index in [-0.39, 0.29) is 42.7 Å². The van der Waals surface area contributed by atoms with Crippen molar-refractivity contribution in [2.24, 2.45) is 0 Å². The molecule has 0 aliphatic carbocycles. The number of pyridine rings is 1. The summed E-state index contributed by atoms with van der Waals surface area (Å²) in [5.41, 5.74) is 15.9. The first-order valence-electron chi connectivity index (χ1n) is 26.6. The first-order chi connectivity index (χ1) is 36.2. The third kappa shape index (κ3) is 9.46. The van der Waals surface area contributed by atoms with E-state index in [1.807, 2.05) is 29.7 Å². The number of aromatic nitrogens is 2. The average molecular weight is 1210 g/mol. The normalized spacial score (nSPS) is 13.2. The molecule has 7 heteroatoms. The topological polar surface area (TPSA) is 33.5 Å². The fourth-order valence-electron chi connectivity index (χ4n) is 10.8. The van der Waals surface area contributed by atoms with Crippen molar-refractivity contribution in [3.8, 4) is 39.6 Å². The SMILES string of the molecule is CC(C)(C)c1ccc(-c2cc(C(C)(C)C)cc(-c3ccc(C(C)(C)C)cc3)c2N2[CH-]N(c3[c-]c(Oc4[c-]c5c(cc4)c4sc6ccc7ccccc7c6c4n5-c4cc(C(C)(C)C)ccn4)ccc3)c3ccccc32)cc1.[Pt]. The van der Waals surface area contributed by atoms with Crippen molar-refractivity contribution < 1.29 is 25.8 Å². The van der Waals surface area contributed by atoms with Gasteiger partial charge in [0, 0.05) is 81.7 Å². The first kappa shape index (κ1) is 52.1. The number of nitrogens with zero attached hydrogens (tertiary/aromatic N) is 4. The van der Waals surface area contributed by atoms with Crippen LogP contribution in [-0.2, 0) is 42.7 Å². The molecule has 12 rings (SSSR count). The Morgan fingerprint density at radius 2 is 1.09 bits per heavy atom. The summed E-state index contributed by atoms with van der Waals surface area (Å²) >= 11 is 1.82. The number of para-hydroxylation sites is 2. The zero-order valence-corrected chi connectivity index (χ0v) is 49.3. The van der Waals surface area contributed by atoms with Gasteiger partial charge in [-0.25, -0.2) is 4.98 Å². The van der Waals surface area contributed by atoms with E-state index in [1.54, 1.807) is 0 Å². The summed E-state index contributed by atoms with van der Waals surface area (Å²) in [4.78, 5) is 9.68. The van der Waals surface area contributed by atoms with Gasteiger partial charge in [-0.3, -0.25) is 0 Å². The van der Waals surface area contributed by atoms with E-state index < -0.39 is 0 Å². The molecule has 0 bridgehead atoms. The third-order valence-corrected chi connectivity index (χ3v) is 16.4. The number of benzene rings is 8. The molecule has 0 fully saturated rings. The van der Waals surface area contributed by atoms with Gasteiger partial charge in [0.15, 0.2) is 0 Å². The van der Waals surface area contributed by atoms with E-state index in [2.05, 4.69) is 268 Å². The molecule has 0 saturated heterocycles. The second-order valence-corrected chi connectivity index (χ2v) is 25.7. The van der Waals surface area contributed by atoms with Gasteiger partial charge in [0.1, 0.15) is 5.82 Å².